The summed E-state index contributed by atoms with van der Waals surface area (Å²) in [5.41, 5.74) is 4.87. The van der Waals surface area contributed by atoms with Crippen LogP contribution in [0, 0.1) is 13.8 Å². The van der Waals surface area contributed by atoms with Crippen molar-refractivity contribution in [3.05, 3.63) is 53.6 Å². The van der Waals surface area contributed by atoms with E-state index in [9.17, 15) is 0 Å². The topological polar surface area (TPSA) is 12.5 Å². The summed E-state index contributed by atoms with van der Waals surface area (Å²) < 4.78 is 5.26. The Balaban J connectivity index is 2.37. The van der Waals surface area contributed by atoms with Crippen molar-refractivity contribution in [1.82, 2.24) is 0 Å². The van der Waals surface area contributed by atoms with Crippen LogP contribution in [0.5, 0.6) is 5.75 Å². The van der Waals surface area contributed by atoms with Crippen molar-refractivity contribution in [2.45, 2.75) is 13.8 Å². The van der Waals surface area contributed by atoms with Gasteiger partial charge >= 0.3 is 0 Å². The van der Waals surface area contributed by atoms with Crippen molar-refractivity contribution in [3.8, 4) is 5.75 Å². The normalized spacial score (nSPS) is 10.2. The third kappa shape index (κ3) is 2.65. The second-order valence-electron chi connectivity index (χ2n) is 4.61. The van der Waals surface area contributed by atoms with E-state index in [-0.39, 0.29) is 0 Å². The molecule has 0 radical (unpaired) electrons. The van der Waals surface area contributed by atoms with Crippen molar-refractivity contribution in [1.29, 1.82) is 0 Å². The van der Waals surface area contributed by atoms with Crippen LogP contribution in [0.1, 0.15) is 11.1 Å². The fourth-order valence-corrected chi connectivity index (χ4v) is 2.11. The summed E-state index contributed by atoms with van der Waals surface area (Å²) in [7, 11) is 3.76. The summed E-state index contributed by atoms with van der Waals surface area (Å²) in [6.07, 6.45) is 0. The first-order valence-electron chi connectivity index (χ1n) is 6.06. The summed E-state index contributed by atoms with van der Waals surface area (Å²) in [4.78, 5) is 2.17. The average Bonchev–Trinajstić information content (AvgIpc) is 2.37. The van der Waals surface area contributed by atoms with Crippen molar-refractivity contribution >= 4 is 11.4 Å². The van der Waals surface area contributed by atoms with Crippen LogP contribution in [0.3, 0.4) is 0 Å². The first kappa shape index (κ1) is 12.5. The molecule has 0 unspecified atom stereocenters. The average molecular weight is 241 g/mol. The molecule has 2 aromatic rings. The van der Waals surface area contributed by atoms with Crippen LogP contribution in [-0.2, 0) is 0 Å². The van der Waals surface area contributed by atoms with Gasteiger partial charge in [0.05, 0.1) is 7.11 Å². The van der Waals surface area contributed by atoms with E-state index in [2.05, 4.69) is 50.1 Å². The van der Waals surface area contributed by atoms with Gasteiger partial charge in [0, 0.05) is 24.5 Å². The van der Waals surface area contributed by atoms with Gasteiger partial charge in [0.2, 0.25) is 0 Å². The van der Waals surface area contributed by atoms with Crippen LogP contribution < -0.4 is 9.64 Å². The van der Waals surface area contributed by atoms with Gasteiger partial charge < -0.3 is 9.64 Å². The molecule has 0 fully saturated rings. The highest BCUT2D eigenvalue weighted by molar-refractivity contribution is 5.65. The molecule has 0 atom stereocenters. The van der Waals surface area contributed by atoms with E-state index >= 15 is 0 Å². The molecule has 2 rings (SSSR count). The first-order chi connectivity index (χ1) is 8.60. The number of ether oxygens (including phenoxy) is 1. The van der Waals surface area contributed by atoms with Crippen molar-refractivity contribution < 1.29 is 4.74 Å². The van der Waals surface area contributed by atoms with Crippen LogP contribution >= 0.6 is 0 Å². The molecule has 0 heterocycles. The highest BCUT2D eigenvalue weighted by Crippen LogP contribution is 2.28. The van der Waals surface area contributed by atoms with E-state index in [1.807, 2.05) is 18.2 Å². The number of nitrogens with zero attached hydrogens (tertiary/aromatic N) is 1. The molecule has 0 bridgehead atoms. The molecule has 0 saturated carbocycles. The van der Waals surface area contributed by atoms with Crippen molar-refractivity contribution in [2.24, 2.45) is 0 Å². The summed E-state index contributed by atoms with van der Waals surface area (Å²) in [5, 5.41) is 0. The monoisotopic (exact) mass is 241 g/mol. The standard InChI is InChI=1S/C16H19NO/c1-12-8-13(2)10-15(9-12)17(3)14-6-5-7-16(11-14)18-4/h5-11H,1-4H3. The van der Waals surface area contributed by atoms with Gasteiger partial charge in [0.25, 0.3) is 0 Å². The molecule has 0 amide bonds. The van der Waals surface area contributed by atoms with Crippen LogP contribution in [0.15, 0.2) is 42.5 Å². The third-order valence-electron chi connectivity index (χ3n) is 3.03. The molecular weight excluding hydrogens is 222 g/mol. The fourth-order valence-electron chi connectivity index (χ4n) is 2.11. The second-order valence-corrected chi connectivity index (χ2v) is 4.61. The molecular formula is C16H19NO. The molecule has 0 N–H and O–H groups in total. The van der Waals surface area contributed by atoms with Gasteiger partial charge in [-0.3, -0.25) is 0 Å². The number of aryl methyl sites for hydroxylation is 2. The van der Waals surface area contributed by atoms with Crippen LogP contribution in [0.2, 0.25) is 0 Å². The molecule has 2 heteroatoms. The SMILES string of the molecule is COc1cccc(N(C)c2cc(C)cc(C)c2)c1. The first-order valence-corrected chi connectivity index (χ1v) is 6.06. The van der Waals surface area contributed by atoms with E-state index < -0.39 is 0 Å². The van der Waals surface area contributed by atoms with E-state index in [1.165, 1.54) is 16.8 Å². The lowest BCUT2D eigenvalue weighted by molar-refractivity contribution is 0.415. The number of anilines is 2. The molecule has 0 spiro atoms. The van der Waals surface area contributed by atoms with Crippen molar-refractivity contribution in [2.75, 3.05) is 19.1 Å². The molecule has 2 aromatic carbocycles. The zero-order valence-electron chi connectivity index (χ0n) is 11.4. The Bertz CT molecular complexity index is 528. The molecule has 0 aliphatic carbocycles. The Morgan fingerprint density at radius 2 is 1.56 bits per heavy atom. The number of rotatable bonds is 3. The Labute approximate surface area is 109 Å². The maximum atomic E-state index is 5.26. The Morgan fingerprint density at radius 1 is 0.889 bits per heavy atom. The maximum Gasteiger partial charge on any atom is 0.120 e. The third-order valence-corrected chi connectivity index (χ3v) is 3.03. The van der Waals surface area contributed by atoms with Gasteiger partial charge in [-0.2, -0.15) is 0 Å². The maximum absolute atomic E-state index is 5.26. The second kappa shape index (κ2) is 5.13. The lowest BCUT2D eigenvalue weighted by Gasteiger charge is -2.21. The molecule has 0 saturated heterocycles. The van der Waals surface area contributed by atoms with Gasteiger partial charge in [0.15, 0.2) is 0 Å². The minimum Gasteiger partial charge on any atom is -0.497 e. The smallest absolute Gasteiger partial charge is 0.120 e. The van der Waals surface area contributed by atoms with Crippen molar-refractivity contribution in [3.63, 3.8) is 0 Å². The number of hydrogen-bond donors (Lipinski definition) is 0. The fraction of sp³-hybridized carbons (Fsp3) is 0.250. The zero-order chi connectivity index (χ0) is 13.1. The lowest BCUT2D eigenvalue weighted by atomic mass is 10.1. The summed E-state index contributed by atoms with van der Waals surface area (Å²) >= 11 is 0. The highest BCUT2D eigenvalue weighted by atomic mass is 16.5. The van der Waals surface area contributed by atoms with Crippen LogP contribution in [-0.4, -0.2) is 14.2 Å². The molecule has 18 heavy (non-hydrogen) atoms. The molecule has 0 aliphatic rings. The minimum atomic E-state index is 0.878. The summed E-state index contributed by atoms with van der Waals surface area (Å²) in [6, 6.07) is 14.6. The van der Waals surface area contributed by atoms with Gasteiger partial charge in [-0.1, -0.05) is 12.1 Å². The zero-order valence-corrected chi connectivity index (χ0v) is 11.4. The Kier molecular flexibility index (Phi) is 3.56. The van der Waals surface area contributed by atoms with Gasteiger partial charge in [-0.15, -0.1) is 0 Å². The number of hydrogen-bond acceptors (Lipinski definition) is 2. The van der Waals surface area contributed by atoms with E-state index in [4.69, 9.17) is 4.74 Å². The van der Waals surface area contributed by atoms with Gasteiger partial charge in [-0.25, -0.2) is 0 Å². The van der Waals surface area contributed by atoms with E-state index in [0.717, 1.165) is 11.4 Å². The Hall–Kier alpha value is -1.96. The van der Waals surface area contributed by atoms with Gasteiger partial charge in [0.1, 0.15) is 5.75 Å². The van der Waals surface area contributed by atoms with E-state index in [0.29, 0.717) is 0 Å². The molecule has 2 nitrogen and oxygen atoms in total. The van der Waals surface area contributed by atoms with Crippen LogP contribution in [0.4, 0.5) is 11.4 Å². The molecule has 0 aromatic heterocycles. The minimum absolute atomic E-state index is 0.878. The van der Waals surface area contributed by atoms with Gasteiger partial charge in [-0.05, 0) is 49.2 Å². The number of methoxy groups -OCH3 is 1. The quantitative estimate of drug-likeness (QED) is 0.802. The van der Waals surface area contributed by atoms with E-state index in [1.54, 1.807) is 7.11 Å². The summed E-state index contributed by atoms with van der Waals surface area (Å²) in [6.45, 7) is 4.24. The predicted octanol–water partition coefficient (Wildman–Crippen LogP) is 4.08. The largest absolute Gasteiger partial charge is 0.497 e. The highest BCUT2D eigenvalue weighted by Gasteiger charge is 2.06. The summed E-state index contributed by atoms with van der Waals surface area (Å²) in [5.74, 6) is 0.878. The molecule has 94 valence electrons. The predicted molar refractivity (Wildman–Crippen MR) is 77.0 cm³/mol. The lowest BCUT2D eigenvalue weighted by Crippen LogP contribution is -2.09. The molecule has 0 aliphatic heterocycles. The Morgan fingerprint density at radius 3 is 2.17 bits per heavy atom. The van der Waals surface area contributed by atoms with Crippen LogP contribution in [0.25, 0.3) is 0 Å². The number of benzene rings is 2.